The first-order valence-corrected chi connectivity index (χ1v) is 10.2. The van der Waals surface area contributed by atoms with Gasteiger partial charge < -0.3 is 14.7 Å². The first kappa shape index (κ1) is 20.6. The molecule has 0 radical (unpaired) electrons. The van der Waals surface area contributed by atoms with E-state index in [1.54, 1.807) is 0 Å². The number of nitrogens with zero attached hydrogens (tertiary/aromatic N) is 2. The Morgan fingerprint density at radius 3 is 2.68 bits per heavy atom. The number of aliphatic hydroxyl groups excluding tert-OH is 1. The van der Waals surface area contributed by atoms with E-state index in [4.69, 9.17) is 15.1 Å². The molecule has 0 aliphatic carbocycles. The first-order valence-electron chi connectivity index (χ1n) is 10.2. The van der Waals surface area contributed by atoms with Crippen LogP contribution in [0.4, 0.5) is 0 Å². The second-order valence-corrected chi connectivity index (χ2v) is 7.78. The second-order valence-electron chi connectivity index (χ2n) is 7.78. The lowest BCUT2D eigenvalue weighted by Gasteiger charge is -2.39. The molecule has 3 aromatic rings. The minimum absolute atomic E-state index is 0.0101. The summed E-state index contributed by atoms with van der Waals surface area (Å²) in [5.74, 6) is 0.781. The van der Waals surface area contributed by atoms with Crippen molar-refractivity contribution in [3.63, 3.8) is 0 Å². The number of H-pyrrole nitrogens is 1. The highest BCUT2D eigenvalue weighted by molar-refractivity contribution is 5.96. The van der Waals surface area contributed by atoms with Crippen molar-refractivity contribution in [1.82, 2.24) is 15.1 Å². The van der Waals surface area contributed by atoms with Gasteiger partial charge in [0.2, 0.25) is 5.88 Å². The van der Waals surface area contributed by atoms with Gasteiger partial charge >= 0.3 is 6.07 Å². The van der Waals surface area contributed by atoms with E-state index in [1.807, 2.05) is 61.2 Å². The summed E-state index contributed by atoms with van der Waals surface area (Å²) in [7, 11) is 0. The predicted molar refractivity (Wildman–Crippen MR) is 115 cm³/mol. The number of benzene rings is 2. The third-order valence-corrected chi connectivity index (χ3v) is 5.74. The van der Waals surface area contributed by atoms with E-state index in [0.29, 0.717) is 30.5 Å². The van der Waals surface area contributed by atoms with Crippen molar-refractivity contribution in [3.05, 3.63) is 70.3 Å². The van der Waals surface area contributed by atoms with Crippen molar-refractivity contribution in [1.29, 1.82) is 0 Å². The van der Waals surface area contributed by atoms with Crippen LogP contribution < -0.4 is 10.00 Å². The molecule has 4 rings (SSSR count). The summed E-state index contributed by atoms with van der Waals surface area (Å²) in [6.07, 6.45) is 0. The van der Waals surface area contributed by atoms with Gasteiger partial charge in [-0.2, -0.15) is 0 Å². The number of nitrogens with one attached hydrogen (secondary N) is 2. The number of hydrogen-bond acceptors (Lipinski definition) is 4. The van der Waals surface area contributed by atoms with Gasteiger partial charge in [-0.25, -0.2) is 0 Å². The normalized spacial score (nSPS) is 13.5. The lowest BCUT2D eigenvalue weighted by Crippen LogP contribution is -2.48. The van der Waals surface area contributed by atoms with Crippen molar-refractivity contribution in [2.45, 2.75) is 19.8 Å². The van der Waals surface area contributed by atoms with Crippen LogP contribution in [-0.4, -0.2) is 52.4 Å². The van der Waals surface area contributed by atoms with E-state index in [9.17, 15) is 4.79 Å². The van der Waals surface area contributed by atoms with Crippen molar-refractivity contribution >= 4 is 5.91 Å². The van der Waals surface area contributed by atoms with Gasteiger partial charge in [0.1, 0.15) is 12.2 Å². The molecule has 1 aliphatic rings. The van der Waals surface area contributed by atoms with E-state index in [1.165, 1.54) is 5.56 Å². The largest absolute Gasteiger partial charge is 0.474 e. The Bertz CT molecular complexity index is 1140. The second kappa shape index (κ2) is 8.62. The van der Waals surface area contributed by atoms with Gasteiger partial charge in [-0.3, -0.25) is 9.89 Å². The molecule has 2 aromatic carbocycles. The fourth-order valence-electron chi connectivity index (χ4n) is 3.83. The standard InChI is InChI=1S/C24H24N4O3/c1-15-3-6-19(11-21(15)22-16(2)23(27-26-22)31-10-9-29)24(30)28-13-20(14-28)18-7-4-17(12-25)5-8-18/h3-8,11,20,29H,9-10,13-14H2,1-2H3,(H,26,27)/p+1. The summed E-state index contributed by atoms with van der Waals surface area (Å²) in [6, 6.07) is 15.8. The predicted octanol–water partition coefficient (Wildman–Crippen LogP) is 1.43. The van der Waals surface area contributed by atoms with Crippen LogP contribution in [0.15, 0.2) is 42.5 Å². The van der Waals surface area contributed by atoms with Crippen molar-refractivity contribution in [2.75, 3.05) is 26.3 Å². The molecule has 0 atom stereocenters. The van der Waals surface area contributed by atoms with Crippen LogP contribution in [0.2, 0.25) is 0 Å². The van der Waals surface area contributed by atoms with Gasteiger partial charge in [-0.15, -0.1) is 5.10 Å². The average molecular weight is 417 g/mol. The van der Waals surface area contributed by atoms with E-state index in [-0.39, 0.29) is 19.1 Å². The molecule has 1 aliphatic heterocycles. The number of likely N-dealkylation sites (tertiary alicyclic amines) is 1. The van der Waals surface area contributed by atoms with Crippen LogP contribution >= 0.6 is 0 Å². The lowest BCUT2D eigenvalue weighted by molar-refractivity contribution is -0.0909. The van der Waals surface area contributed by atoms with Crippen molar-refractivity contribution in [3.8, 4) is 23.2 Å². The van der Waals surface area contributed by atoms with Crippen LogP contribution in [-0.2, 0) is 0 Å². The molecule has 0 unspecified atom stereocenters. The number of hydrogen-bond donors (Lipinski definition) is 3. The summed E-state index contributed by atoms with van der Waals surface area (Å²) < 4.78 is 5.46. The fraction of sp³-hybridized carbons (Fsp3) is 0.292. The molecule has 7 nitrogen and oxygen atoms in total. The summed E-state index contributed by atoms with van der Waals surface area (Å²) in [5.41, 5.74) is 6.16. The number of amides is 1. The SMILES string of the molecule is Cc1ccc(C(=O)N2CC(c3ccc(C#[NH+])cc3)C2)cc1-c1[nH]nc(OCCO)c1C. The molecular formula is C24H25N4O3+. The highest BCUT2D eigenvalue weighted by atomic mass is 16.5. The zero-order chi connectivity index (χ0) is 22.0. The van der Waals surface area contributed by atoms with E-state index < -0.39 is 0 Å². The topological polar surface area (TPSA) is 102 Å². The molecule has 1 saturated heterocycles. The lowest BCUT2D eigenvalue weighted by atomic mass is 9.90. The molecule has 1 aromatic heterocycles. The monoisotopic (exact) mass is 417 g/mol. The third kappa shape index (κ3) is 4.03. The van der Waals surface area contributed by atoms with Crippen LogP contribution in [0.1, 0.15) is 38.5 Å². The number of ether oxygens (including phenoxy) is 1. The summed E-state index contributed by atoms with van der Waals surface area (Å²) in [6.45, 7) is 5.36. The number of aryl methyl sites for hydroxylation is 1. The number of aromatic nitrogens is 2. The Kier molecular flexibility index (Phi) is 5.74. The molecule has 1 fully saturated rings. The molecule has 2 heterocycles. The Labute approximate surface area is 180 Å². The molecular weight excluding hydrogens is 392 g/mol. The van der Waals surface area contributed by atoms with E-state index in [0.717, 1.165) is 27.9 Å². The Morgan fingerprint density at radius 2 is 2.00 bits per heavy atom. The number of aromatic amines is 1. The molecule has 158 valence electrons. The van der Waals surface area contributed by atoms with Gasteiger partial charge in [-0.1, -0.05) is 23.5 Å². The summed E-state index contributed by atoms with van der Waals surface area (Å²) >= 11 is 0. The minimum atomic E-state index is -0.0766. The third-order valence-electron chi connectivity index (χ3n) is 5.74. The number of carbonyl (C=O) groups excluding carboxylic acids is 1. The molecule has 0 spiro atoms. The molecule has 3 N–H and O–H groups in total. The zero-order valence-electron chi connectivity index (χ0n) is 17.6. The van der Waals surface area contributed by atoms with Crippen LogP contribution in [0.5, 0.6) is 5.88 Å². The summed E-state index contributed by atoms with van der Waals surface area (Å²) in [5, 5.41) is 23.3. The highest BCUT2D eigenvalue weighted by Crippen LogP contribution is 2.32. The zero-order valence-corrected chi connectivity index (χ0v) is 17.6. The molecule has 0 bridgehead atoms. The fourth-order valence-corrected chi connectivity index (χ4v) is 3.83. The number of aliphatic hydroxyl groups is 1. The summed E-state index contributed by atoms with van der Waals surface area (Å²) in [4.78, 5) is 14.9. The van der Waals surface area contributed by atoms with E-state index in [2.05, 4.69) is 16.3 Å². The van der Waals surface area contributed by atoms with Gasteiger partial charge in [-0.05, 0) is 49.2 Å². The van der Waals surface area contributed by atoms with Crippen LogP contribution in [0.3, 0.4) is 0 Å². The van der Waals surface area contributed by atoms with Gasteiger partial charge in [0, 0.05) is 35.7 Å². The Morgan fingerprint density at radius 1 is 1.26 bits per heavy atom. The number of rotatable bonds is 6. The average Bonchev–Trinajstić information content (AvgIpc) is 3.12. The van der Waals surface area contributed by atoms with Crippen LogP contribution in [0, 0.1) is 19.9 Å². The smallest absolute Gasteiger partial charge is 0.308 e. The highest BCUT2D eigenvalue weighted by Gasteiger charge is 2.32. The molecule has 1 amide bonds. The first-order chi connectivity index (χ1) is 15.0. The van der Waals surface area contributed by atoms with Gasteiger partial charge in [0.15, 0.2) is 0 Å². The maximum Gasteiger partial charge on any atom is 0.308 e. The van der Waals surface area contributed by atoms with Gasteiger partial charge in [0.25, 0.3) is 5.91 Å². The Balaban J connectivity index is 1.49. The van der Waals surface area contributed by atoms with Crippen molar-refractivity contribution < 1.29 is 19.9 Å². The molecule has 31 heavy (non-hydrogen) atoms. The van der Waals surface area contributed by atoms with Crippen LogP contribution in [0.25, 0.3) is 11.3 Å². The maximum atomic E-state index is 13.0. The van der Waals surface area contributed by atoms with Gasteiger partial charge in [0.05, 0.1) is 12.3 Å². The Hall–Kier alpha value is -3.63. The molecule has 0 saturated carbocycles. The van der Waals surface area contributed by atoms with E-state index >= 15 is 0 Å². The quantitative estimate of drug-likeness (QED) is 0.565. The molecule has 7 heteroatoms. The minimum Gasteiger partial charge on any atom is -0.474 e. The number of carbonyl (C=O) groups is 1. The maximum absolute atomic E-state index is 13.0. The van der Waals surface area contributed by atoms with Crippen molar-refractivity contribution in [2.24, 2.45) is 0 Å².